The second-order valence-electron chi connectivity index (χ2n) is 3.08. The number of halogens is 1. The lowest BCUT2D eigenvalue weighted by Gasteiger charge is -2.08. The van der Waals surface area contributed by atoms with E-state index in [1.807, 2.05) is 6.07 Å². The Hall–Kier alpha value is -1.29. The molecule has 0 saturated carbocycles. The number of esters is 1. The molecule has 0 aliphatic rings. The van der Waals surface area contributed by atoms with Crippen molar-refractivity contribution in [3.63, 3.8) is 0 Å². The van der Waals surface area contributed by atoms with Crippen molar-refractivity contribution in [3.8, 4) is 0 Å². The number of benzene rings is 1. The van der Waals surface area contributed by atoms with Gasteiger partial charge in [-0.15, -0.1) is 6.58 Å². The van der Waals surface area contributed by atoms with Crippen LogP contribution >= 0.6 is 15.9 Å². The first-order valence-corrected chi connectivity index (χ1v) is 5.79. The van der Waals surface area contributed by atoms with Crippen LogP contribution in [0.15, 0.2) is 35.3 Å². The Balaban J connectivity index is 2.81. The molecule has 3 nitrogen and oxygen atoms in total. The first-order chi connectivity index (χ1) is 7.69. The monoisotopic (exact) mass is 283 g/mol. The second-order valence-corrected chi connectivity index (χ2v) is 3.94. The Bertz CT molecular complexity index is 391. The lowest BCUT2D eigenvalue weighted by atomic mass is 10.2. The zero-order valence-corrected chi connectivity index (χ0v) is 10.7. The Labute approximate surface area is 104 Å². The van der Waals surface area contributed by atoms with Gasteiger partial charge in [0, 0.05) is 16.7 Å². The van der Waals surface area contributed by atoms with Gasteiger partial charge in [-0.2, -0.15) is 0 Å². The number of anilines is 1. The van der Waals surface area contributed by atoms with Crippen LogP contribution in [0.4, 0.5) is 5.69 Å². The Morgan fingerprint density at radius 2 is 2.38 bits per heavy atom. The second kappa shape index (κ2) is 6.33. The van der Waals surface area contributed by atoms with Gasteiger partial charge < -0.3 is 10.1 Å². The summed E-state index contributed by atoms with van der Waals surface area (Å²) in [6.45, 7) is 6.47. The van der Waals surface area contributed by atoms with Crippen LogP contribution in [0.1, 0.15) is 17.3 Å². The third-order valence-corrected chi connectivity index (χ3v) is 2.57. The highest BCUT2D eigenvalue weighted by atomic mass is 79.9. The quantitative estimate of drug-likeness (QED) is 0.666. The minimum Gasteiger partial charge on any atom is -0.462 e. The third-order valence-electron chi connectivity index (χ3n) is 1.92. The molecule has 0 heterocycles. The summed E-state index contributed by atoms with van der Waals surface area (Å²) < 4.78 is 5.74. The van der Waals surface area contributed by atoms with Crippen molar-refractivity contribution in [2.24, 2.45) is 0 Å². The number of hydrogen-bond acceptors (Lipinski definition) is 3. The number of hydrogen-bond donors (Lipinski definition) is 1. The molecule has 1 rings (SSSR count). The number of carbonyl (C=O) groups is 1. The molecule has 0 unspecified atom stereocenters. The van der Waals surface area contributed by atoms with Crippen LogP contribution in [0, 0.1) is 0 Å². The van der Waals surface area contributed by atoms with E-state index in [9.17, 15) is 4.79 Å². The van der Waals surface area contributed by atoms with Crippen LogP contribution in [-0.4, -0.2) is 19.1 Å². The van der Waals surface area contributed by atoms with Gasteiger partial charge >= 0.3 is 5.97 Å². The van der Waals surface area contributed by atoms with Crippen LogP contribution in [-0.2, 0) is 4.74 Å². The van der Waals surface area contributed by atoms with E-state index in [1.165, 1.54) is 0 Å². The van der Waals surface area contributed by atoms with Gasteiger partial charge in [0.1, 0.15) is 0 Å². The molecular weight excluding hydrogens is 270 g/mol. The topological polar surface area (TPSA) is 38.3 Å². The molecule has 0 bridgehead atoms. The highest BCUT2D eigenvalue weighted by Gasteiger charge is 2.08. The van der Waals surface area contributed by atoms with E-state index >= 15 is 0 Å². The summed E-state index contributed by atoms with van der Waals surface area (Å²) in [5.74, 6) is -0.307. The fraction of sp³-hybridized carbons (Fsp3) is 0.250. The Kier molecular flexibility index (Phi) is 5.05. The molecule has 0 saturated heterocycles. The number of ether oxygens (including phenoxy) is 1. The molecule has 0 radical (unpaired) electrons. The number of carbonyl (C=O) groups excluding carboxylic acids is 1. The predicted molar refractivity (Wildman–Crippen MR) is 68.8 cm³/mol. The SMILES string of the molecule is C=CCNc1ccc(C(=O)OCC)cc1Br. The standard InChI is InChI=1S/C12H14BrNO2/c1-3-7-14-11-6-5-9(8-10(11)13)12(15)16-4-2/h3,5-6,8,14H,1,4,7H2,2H3. The average molecular weight is 284 g/mol. The van der Waals surface area contributed by atoms with Crippen LogP contribution in [0.5, 0.6) is 0 Å². The van der Waals surface area contributed by atoms with Crippen molar-refractivity contribution < 1.29 is 9.53 Å². The minimum atomic E-state index is -0.307. The molecular formula is C12H14BrNO2. The maximum absolute atomic E-state index is 11.4. The average Bonchev–Trinajstić information content (AvgIpc) is 2.27. The van der Waals surface area contributed by atoms with Crippen molar-refractivity contribution in [1.82, 2.24) is 0 Å². The first kappa shape index (κ1) is 12.8. The summed E-state index contributed by atoms with van der Waals surface area (Å²) in [6.07, 6.45) is 1.77. The lowest BCUT2D eigenvalue weighted by Crippen LogP contribution is -2.05. The molecule has 1 N–H and O–H groups in total. The van der Waals surface area contributed by atoms with E-state index < -0.39 is 0 Å². The summed E-state index contributed by atoms with van der Waals surface area (Å²) in [5, 5.41) is 3.14. The van der Waals surface area contributed by atoms with Gasteiger partial charge in [-0.3, -0.25) is 0 Å². The predicted octanol–water partition coefficient (Wildman–Crippen LogP) is 3.22. The van der Waals surface area contributed by atoms with E-state index in [0.717, 1.165) is 10.2 Å². The first-order valence-electron chi connectivity index (χ1n) is 5.00. The Morgan fingerprint density at radius 1 is 1.62 bits per heavy atom. The summed E-state index contributed by atoms with van der Waals surface area (Å²) in [7, 11) is 0. The van der Waals surface area contributed by atoms with E-state index in [4.69, 9.17) is 4.74 Å². The van der Waals surface area contributed by atoms with Gasteiger partial charge in [-0.25, -0.2) is 4.79 Å². The molecule has 0 aliphatic heterocycles. The van der Waals surface area contributed by atoms with Gasteiger partial charge in [0.05, 0.1) is 12.2 Å². The fourth-order valence-corrected chi connectivity index (χ4v) is 1.70. The summed E-state index contributed by atoms with van der Waals surface area (Å²) in [5.41, 5.74) is 1.46. The molecule has 0 spiro atoms. The van der Waals surface area contributed by atoms with Crippen LogP contribution in [0.25, 0.3) is 0 Å². The van der Waals surface area contributed by atoms with Gasteiger partial charge in [0.25, 0.3) is 0 Å². The van der Waals surface area contributed by atoms with Gasteiger partial charge in [0.2, 0.25) is 0 Å². The molecule has 86 valence electrons. The maximum Gasteiger partial charge on any atom is 0.338 e. The lowest BCUT2D eigenvalue weighted by molar-refractivity contribution is 0.0526. The molecule has 16 heavy (non-hydrogen) atoms. The molecule has 1 aromatic rings. The molecule has 0 atom stereocenters. The van der Waals surface area contributed by atoms with Crippen LogP contribution < -0.4 is 5.32 Å². The van der Waals surface area contributed by atoms with E-state index in [0.29, 0.717) is 18.7 Å². The number of nitrogens with one attached hydrogen (secondary N) is 1. The Morgan fingerprint density at radius 3 is 2.94 bits per heavy atom. The summed E-state index contributed by atoms with van der Waals surface area (Å²) >= 11 is 3.39. The van der Waals surface area contributed by atoms with E-state index in [1.54, 1.807) is 25.1 Å². The van der Waals surface area contributed by atoms with Crippen molar-refractivity contribution in [2.45, 2.75) is 6.92 Å². The number of rotatable bonds is 5. The molecule has 4 heteroatoms. The van der Waals surface area contributed by atoms with E-state index in [2.05, 4.69) is 27.8 Å². The summed E-state index contributed by atoms with van der Waals surface area (Å²) in [6, 6.07) is 5.30. The highest BCUT2D eigenvalue weighted by molar-refractivity contribution is 9.10. The van der Waals surface area contributed by atoms with E-state index in [-0.39, 0.29) is 5.97 Å². The van der Waals surface area contributed by atoms with Crippen molar-refractivity contribution in [3.05, 3.63) is 40.9 Å². The normalized spacial score (nSPS) is 9.62. The van der Waals surface area contributed by atoms with Crippen molar-refractivity contribution >= 4 is 27.6 Å². The zero-order valence-electron chi connectivity index (χ0n) is 9.13. The summed E-state index contributed by atoms with van der Waals surface area (Å²) in [4.78, 5) is 11.4. The smallest absolute Gasteiger partial charge is 0.338 e. The molecule has 0 aromatic heterocycles. The zero-order chi connectivity index (χ0) is 12.0. The van der Waals surface area contributed by atoms with Crippen LogP contribution in [0.2, 0.25) is 0 Å². The third kappa shape index (κ3) is 3.38. The molecule has 1 aromatic carbocycles. The molecule has 0 fully saturated rings. The maximum atomic E-state index is 11.4. The minimum absolute atomic E-state index is 0.307. The van der Waals surface area contributed by atoms with Gasteiger partial charge in [0.15, 0.2) is 0 Å². The van der Waals surface area contributed by atoms with Crippen molar-refractivity contribution in [1.29, 1.82) is 0 Å². The molecule has 0 amide bonds. The largest absolute Gasteiger partial charge is 0.462 e. The fourth-order valence-electron chi connectivity index (χ4n) is 1.18. The highest BCUT2D eigenvalue weighted by Crippen LogP contribution is 2.23. The van der Waals surface area contributed by atoms with Gasteiger partial charge in [-0.1, -0.05) is 6.08 Å². The van der Waals surface area contributed by atoms with Gasteiger partial charge in [-0.05, 0) is 41.1 Å². The van der Waals surface area contributed by atoms with Crippen molar-refractivity contribution in [2.75, 3.05) is 18.5 Å². The molecule has 0 aliphatic carbocycles. The van der Waals surface area contributed by atoms with Crippen LogP contribution in [0.3, 0.4) is 0 Å².